The number of carbonyl (C=O) groups is 1. The van der Waals surface area contributed by atoms with Gasteiger partial charge in [-0.05, 0) is 24.6 Å². The zero-order chi connectivity index (χ0) is 13.8. The molecule has 0 saturated carbocycles. The Kier molecular flexibility index (Phi) is 3.85. The van der Waals surface area contributed by atoms with E-state index in [2.05, 4.69) is 6.07 Å². The van der Waals surface area contributed by atoms with Crippen LogP contribution in [0, 0.1) is 6.92 Å². The minimum atomic E-state index is -0.331. The lowest BCUT2D eigenvalue weighted by Crippen LogP contribution is -2.21. The van der Waals surface area contributed by atoms with Gasteiger partial charge in [0.1, 0.15) is 0 Å². The third-order valence-electron chi connectivity index (χ3n) is 2.84. The van der Waals surface area contributed by atoms with Gasteiger partial charge < -0.3 is 4.84 Å². The molecule has 0 saturated heterocycles. The highest BCUT2D eigenvalue weighted by Gasteiger charge is 2.11. The fraction of sp³-hybridized carbons (Fsp3) is 0.188. The average Bonchev–Trinajstić information content (AvgIpc) is 2.38. The zero-order valence-corrected chi connectivity index (χ0v) is 11.4. The molecule has 2 aromatic rings. The summed E-state index contributed by atoms with van der Waals surface area (Å²) in [5, 5.41) is 1.50. The molecule has 0 aliphatic heterocycles. The quantitative estimate of drug-likeness (QED) is 0.785. The molecule has 0 N–H and O–H groups in total. The molecule has 2 rings (SSSR count). The number of anilines is 1. The van der Waals surface area contributed by atoms with Crippen molar-refractivity contribution in [1.29, 1.82) is 0 Å². The molecule has 3 nitrogen and oxygen atoms in total. The molecule has 0 heterocycles. The van der Waals surface area contributed by atoms with Gasteiger partial charge in [-0.15, -0.1) is 0 Å². The smallest absolute Gasteiger partial charge is 0.329 e. The predicted octanol–water partition coefficient (Wildman–Crippen LogP) is 3.58. The molecule has 3 heteroatoms. The van der Waals surface area contributed by atoms with Crippen molar-refractivity contribution < 1.29 is 9.63 Å². The Labute approximate surface area is 113 Å². The largest absolute Gasteiger partial charge is 0.341 e. The van der Waals surface area contributed by atoms with Crippen molar-refractivity contribution >= 4 is 11.7 Å². The Morgan fingerprint density at radius 2 is 1.79 bits per heavy atom. The summed E-state index contributed by atoms with van der Waals surface area (Å²) in [4.78, 5) is 16.2. The minimum Gasteiger partial charge on any atom is -0.341 e. The standard InChI is InChI=1S/C16H17NO2/c1-12-9-10-16(17(3)19-13(2)18)15(11-12)14-7-5-4-6-8-14/h4-11H,1-3H3. The van der Waals surface area contributed by atoms with Crippen LogP contribution in [0.25, 0.3) is 11.1 Å². The van der Waals surface area contributed by atoms with Crippen molar-refractivity contribution in [3.05, 3.63) is 54.1 Å². The van der Waals surface area contributed by atoms with E-state index in [-0.39, 0.29) is 5.97 Å². The van der Waals surface area contributed by atoms with Crippen molar-refractivity contribution in [1.82, 2.24) is 0 Å². The highest BCUT2D eigenvalue weighted by molar-refractivity contribution is 5.79. The summed E-state index contributed by atoms with van der Waals surface area (Å²) in [7, 11) is 1.73. The summed E-state index contributed by atoms with van der Waals surface area (Å²) in [6.07, 6.45) is 0. The number of nitrogens with zero attached hydrogens (tertiary/aromatic N) is 1. The Morgan fingerprint density at radius 3 is 2.42 bits per heavy atom. The van der Waals surface area contributed by atoms with Crippen LogP contribution in [0.4, 0.5) is 5.69 Å². The van der Waals surface area contributed by atoms with E-state index in [1.54, 1.807) is 7.05 Å². The van der Waals surface area contributed by atoms with Gasteiger partial charge in [-0.25, -0.2) is 5.06 Å². The maximum atomic E-state index is 11.1. The van der Waals surface area contributed by atoms with Crippen molar-refractivity contribution in [3.63, 3.8) is 0 Å². The van der Waals surface area contributed by atoms with E-state index in [0.29, 0.717) is 0 Å². The molecule has 0 radical (unpaired) electrons. The minimum absolute atomic E-state index is 0.331. The van der Waals surface area contributed by atoms with Crippen LogP contribution in [-0.4, -0.2) is 13.0 Å². The van der Waals surface area contributed by atoms with Gasteiger partial charge in [-0.1, -0.05) is 42.0 Å². The lowest BCUT2D eigenvalue weighted by molar-refractivity contribution is -0.141. The topological polar surface area (TPSA) is 29.5 Å². The summed E-state index contributed by atoms with van der Waals surface area (Å²) in [6.45, 7) is 3.44. The van der Waals surface area contributed by atoms with E-state index in [0.717, 1.165) is 16.8 Å². The van der Waals surface area contributed by atoms with E-state index in [1.807, 2.05) is 49.4 Å². The van der Waals surface area contributed by atoms with E-state index >= 15 is 0 Å². The van der Waals surface area contributed by atoms with Gasteiger partial charge in [-0.3, -0.25) is 4.79 Å². The zero-order valence-electron chi connectivity index (χ0n) is 11.4. The number of benzene rings is 2. The SMILES string of the molecule is CC(=O)ON(C)c1ccc(C)cc1-c1ccccc1. The molecule has 0 fully saturated rings. The molecule has 2 aromatic carbocycles. The van der Waals surface area contributed by atoms with Crippen LogP contribution in [0.5, 0.6) is 0 Å². The van der Waals surface area contributed by atoms with Gasteiger partial charge in [0.2, 0.25) is 0 Å². The number of hydrogen-bond acceptors (Lipinski definition) is 3. The third kappa shape index (κ3) is 3.13. The van der Waals surface area contributed by atoms with E-state index < -0.39 is 0 Å². The second kappa shape index (κ2) is 5.57. The first kappa shape index (κ1) is 13.1. The molecule has 0 unspecified atom stereocenters. The van der Waals surface area contributed by atoms with E-state index in [9.17, 15) is 4.79 Å². The second-order valence-electron chi connectivity index (χ2n) is 4.47. The molecule has 0 aliphatic rings. The van der Waals surface area contributed by atoms with Gasteiger partial charge >= 0.3 is 5.97 Å². The number of aryl methyl sites for hydroxylation is 1. The summed E-state index contributed by atoms with van der Waals surface area (Å²) < 4.78 is 0. The van der Waals surface area contributed by atoms with E-state index in [1.165, 1.54) is 17.6 Å². The van der Waals surface area contributed by atoms with Crippen molar-refractivity contribution in [3.8, 4) is 11.1 Å². The van der Waals surface area contributed by atoms with E-state index in [4.69, 9.17) is 4.84 Å². The number of rotatable bonds is 3. The highest BCUT2D eigenvalue weighted by Crippen LogP contribution is 2.31. The van der Waals surface area contributed by atoms with Gasteiger partial charge in [0.15, 0.2) is 0 Å². The van der Waals surface area contributed by atoms with Crippen LogP contribution < -0.4 is 5.06 Å². The Balaban J connectivity index is 2.47. The van der Waals surface area contributed by atoms with Crippen LogP contribution in [0.15, 0.2) is 48.5 Å². The Bertz CT molecular complexity index is 579. The monoisotopic (exact) mass is 255 g/mol. The molecular formula is C16H17NO2. The van der Waals surface area contributed by atoms with Gasteiger partial charge in [0.25, 0.3) is 0 Å². The fourth-order valence-electron chi connectivity index (χ4n) is 2.02. The first-order valence-electron chi connectivity index (χ1n) is 6.16. The van der Waals surface area contributed by atoms with Crippen molar-refractivity contribution in [2.24, 2.45) is 0 Å². The van der Waals surface area contributed by atoms with Crippen LogP contribution >= 0.6 is 0 Å². The maximum Gasteiger partial charge on any atom is 0.329 e. The lowest BCUT2D eigenvalue weighted by atomic mass is 10.0. The van der Waals surface area contributed by atoms with Gasteiger partial charge in [-0.2, -0.15) is 0 Å². The third-order valence-corrected chi connectivity index (χ3v) is 2.84. The summed E-state index contributed by atoms with van der Waals surface area (Å²) >= 11 is 0. The molecule has 0 bridgehead atoms. The van der Waals surface area contributed by atoms with Crippen molar-refractivity contribution in [2.45, 2.75) is 13.8 Å². The number of hydroxylamine groups is 1. The number of carbonyl (C=O) groups excluding carboxylic acids is 1. The summed E-state index contributed by atoms with van der Waals surface area (Å²) in [5.74, 6) is -0.331. The molecule has 0 spiro atoms. The molecule has 19 heavy (non-hydrogen) atoms. The molecule has 0 aromatic heterocycles. The number of hydrogen-bond donors (Lipinski definition) is 0. The maximum absolute atomic E-state index is 11.1. The van der Waals surface area contributed by atoms with Crippen LogP contribution in [0.2, 0.25) is 0 Å². The lowest BCUT2D eigenvalue weighted by Gasteiger charge is -2.21. The first-order valence-corrected chi connectivity index (χ1v) is 6.16. The average molecular weight is 255 g/mol. The second-order valence-corrected chi connectivity index (χ2v) is 4.47. The normalized spacial score (nSPS) is 10.1. The van der Waals surface area contributed by atoms with Crippen LogP contribution in [0.3, 0.4) is 0 Å². The Hall–Kier alpha value is -2.29. The summed E-state index contributed by atoms with van der Waals surface area (Å²) in [5.41, 5.74) is 4.18. The van der Waals surface area contributed by atoms with Crippen LogP contribution in [-0.2, 0) is 9.63 Å². The molecule has 0 atom stereocenters. The van der Waals surface area contributed by atoms with Crippen molar-refractivity contribution in [2.75, 3.05) is 12.1 Å². The Morgan fingerprint density at radius 1 is 1.11 bits per heavy atom. The van der Waals surface area contributed by atoms with Gasteiger partial charge in [0.05, 0.1) is 5.69 Å². The molecule has 0 amide bonds. The first-order chi connectivity index (χ1) is 9.08. The highest BCUT2D eigenvalue weighted by atomic mass is 16.7. The molecule has 98 valence electrons. The molecular weight excluding hydrogens is 238 g/mol. The fourth-order valence-corrected chi connectivity index (χ4v) is 2.02. The van der Waals surface area contributed by atoms with Gasteiger partial charge in [0, 0.05) is 19.5 Å². The summed E-state index contributed by atoms with van der Waals surface area (Å²) in [6, 6.07) is 16.1. The predicted molar refractivity (Wildman–Crippen MR) is 76.8 cm³/mol. The molecule has 0 aliphatic carbocycles. The van der Waals surface area contributed by atoms with Crippen LogP contribution in [0.1, 0.15) is 12.5 Å².